The van der Waals surface area contributed by atoms with Gasteiger partial charge < -0.3 is 0 Å². The zero-order valence-corrected chi connectivity index (χ0v) is 8.36. The van der Waals surface area contributed by atoms with Crippen LogP contribution in [-0.2, 0) is 12.8 Å². The Kier molecular flexibility index (Phi) is 3.60. The predicted octanol–water partition coefficient (Wildman–Crippen LogP) is 2.39. The molecule has 0 fully saturated rings. The van der Waals surface area contributed by atoms with Crippen LogP contribution in [0.4, 0.5) is 0 Å². The van der Waals surface area contributed by atoms with Crippen LogP contribution in [-0.4, -0.2) is 16.1 Å². The first kappa shape index (κ1) is 9.59. The van der Waals surface area contributed by atoms with E-state index in [0.29, 0.717) is 11.8 Å². The van der Waals surface area contributed by atoms with Gasteiger partial charge in [0.15, 0.2) is 0 Å². The van der Waals surface area contributed by atoms with E-state index in [1.165, 1.54) is 11.3 Å². The molecule has 68 valence electrons. The van der Waals surface area contributed by atoms with Crippen LogP contribution in [0.3, 0.4) is 0 Å². The van der Waals surface area contributed by atoms with Crippen molar-refractivity contribution < 1.29 is 0 Å². The first-order chi connectivity index (χ1) is 5.74. The Bertz CT molecular complexity index is 230. The Hall–Kier alpha value is -0.500. The predicted molar refractivity (Wildman–Crippen MR) is 51.6 cm³/mol. The highest BCUT2D eigenvalue weighted by atomic mass is 35.5. The van der Waals surface area contributed by atoms with Crippen LogP contribution in [0, 0.1) is 5.92 Å². The van der Waals surface area contributed by atoms with Gasteiger partial charge in [-0.15, -0.1) is 11.6 Å². The summed E-state index contributed by atoms with van der Waals surface area (Å²) in [4.78, 5) is 0. The topological polar surface area (TPSA) is 28.7 Å². The number of aromatic nitrogens is 2. The SMILES string of the molecule is CC(C)Cc1[nH]ncc1CCCl. The quantitative estimate of drug-likeness (QED) is 0.719. The van der Waals surface area contributed by atoms with Gasteiger partial charge in [0, 0.05) is 11.6 Å². The molecule has 0 aromatic carbocycles. The minimum absolute atomic E-state index is 0.666. The Morgan fingerprint density at radius 1 is 1.58 bits per heavy atom. The van der Waals surface area contributed by atoms with E-state index in [1.807, 2.05) is 6.20 Å². The molecule has 0 aliphatic carbocycles. The third-order valence-corrected chi connectivity index (χ3v) is 1.97. The van der Waals surface area contributed by atoms with E-state index in [1.54, 1.807) is 0 Å². The number of H-pyrrole nitrogens is 1. The zero-order valence-electron chi connectivity index (χ0n) is 7.60. The van der Waals surface area contributed by atoms with Crippen molar-refractivity contribution in [2.75, 3.05) is 5.88 Å². The Morgan fingerprint density at radius 3 is 2.92 bits per heavy atom. The molecule has 3 heteroatoms. The first-order valence-corrected chi connectivity index (χ1v) is 4.84. The maximum atomic E-state index is 5.66. The summed E-state index contributed by atoms with van der Waals surface area (Å²) in [5.74, 6) is 1.34. The maximum Gasteiger partial charge on any atom is 0.0522 e. The summed E-state index contributed by atoms with van der Waals surface area (Å²) < 4.78 is 0. The van der Waals surface area contributed by atoms with Gasteiger partial charge in [-0.3, -0.25) is 5.10 Å². The lowest BCUT2D eigenvalue weighted by molar-refractivity contribution is 0.630. The van der Waals surface area contributed by atoms with Crippen molar-refractivity contribution in [1.29, 1.82) is 0 Å². The average Bonchev–Trinajstić information content (AvgIpc) is 2.37. The number of alkyl halides is 1. The van der Waals surface area contributed by atoms with Crippen molar-refractivity contribution in [3.63, 3.8) is 0 Å². The fraction of sp³-hybridized carbons (Fsp3) is 0.667. The number of nitrogens with one attached hydrogen (secondary N) is 1. The molecule has 0 spiro atoms. The van der Waals surface area contributed by atoms with Crippen molar-refractivity contribution in [2.45, 2.75) is 26.7 Å². The highest BCUT2D eigenvalue weighted by Gasteiger charge is 2.05. The van der Waals surface area contributed by atoms with E-state index < -0.39 is 0 Å². The molecule has 0 radical (unpaired) electrons. The standard InChI is InChI=1S/C9H15ClN2/c1-7(2)5-9-8(3-4-10)6-11-12-9/h6-7H,3-5H2,1-2H3,(H,11,12). The lowest BCUT2D eigenvalue weighted by atomic mass is 10.0. The van der Waals surface area contributed by atoms with Gasteiger partial charge in [0.1, 0.15) is 0 Å². The molecule has 1 N–H and O–H groups in total. The van der Waals surface area contributed by atoms with Crippen molar-refractivity contribution in [3.8, 4) is 0 Å². The number of aryl methyl sites for hydroxylation is 1. The maximum absolute atomic E-state index is 5.66. The molecule has 0 aliphatic rings. The van der Waals surface area contributed by atoms with Crippen LogP contribution in [0.5, 0.6) is 0 Å². The number of aromatic amines is 1. The van der Waals surface area contributed by atoms with Crippen molar-refractivity contribution in [2.24, 2.45) is 5.92 Å². The average molecular weight is 187 g/mol. The molecule has 1 aromatic rings. The van der Waals surface area contributed by atoms with Crippen molar-refractivity contribution >= 4 is 11.6 Å². The highest BCUT2D eigenvalue weighted by molar-refractivity contribution is 6.17. The molecule has 0 unspecified atom stereocenters. The van der Waals surface area contributed by atoms with Crippen LogP contribution in [0.25, 0.3) is 0 Å². The van der Waals surface area contributed by atoms with Crippen molar-refractivity contribution in [3.05, 3.63) is 17.5 Å². The molecule has 12 heavy (non-hydrogen) atoms. The largest absolute Gasteiger partial charge is 0.282 e. The Labute approximate surface area is 78.3 Å². The van der Waals surface area contributed by atoms with Crippen LogP contribution < -0.4 is 0 Å². The summed E-state index contributed by atoms with van der Waals surface area (Å²) in [6.07, 6.45) is 3.85. The molecule has 0 saturated carbocycles. The van der Waals surface area contributed by atoms with E-state index >= 15 is 0 Å². The van der Waals surface area contributed by atoms with E-state index in [9.17, 15) is 0 Å². The third-order valence-electron chi connectivity index (χ3n) is 1.78. The second-order valence-corrected chi connectivity index (χ2v) is 3.79. The highest BCUT2D eigenvalue weighted by Crippen LogP contribution is 2.11. The second kappa shape index (κ2) is 4.51. The zero-order chi connectivity index (χ0) is 8.97. The number of hydrogen-bond acceptors (Lipinski definition) is 1. The minimum Gasteiger partial charge on any atom is -0.282 e. The van der Waals surface area contributed by atoms with Crippen LogP contribution >= 0.6 is 11.6 Å². The van der Waals surface area contributed by atoms with Gasteiger partial charge in [-0.25, -0.2) is 0 Å². The summed E-state index contributed by atoms with van der Waals surface area (Å²) in [5, 5.41) is 7.02. The Morgan fingerprint density at radius 2 is 2.33 bits per heavy atom. The van der Waals surface area contributed by atoms with Crippen molar-refractivity contribution in [1.82, 2.24) is 10.2 Å². The second-order valence-electron chi connectivity index (χ2n) is 3.41. The normalized spacial score (nSPS) is 11.0. The van der Waals surface area contributed by atoms with Gasteiger partial charge in [-0.1, -0.05) is 13.8 Å². The summed E-state index contributed by atoms with van der Waals surface area (Å²) in [5.41, 5.74) is 2.50. The third kappa shape index (κ3) is 2.52. The fourth-order valence-electron chi connectivity index (χ4n) is 1.24. The van der Waals surface area contributed by atoms with Crippen LogP contribution in [0.1, 0.15) is 25.1 Å². The van der Waals surface area contributed by atoms with Gasteiger partial charge in [0.25, 0.3) is 0 Å². The van der Waals surface area contributed by atoms with Gasteiger partial charge in [-0.2, -0.15) is 5.10 Å². The van der Waals surface area contributed by atoms with E-state index in [4.69, 9.17) is 11.6 Å². The lowest BCUT2D eigenvalue weighted by Crippen LogP contribution is -1.98. The van der Waals surface area contributed by atoms with Gasteiger partial charge >= 0.3 is 0 Å². The molecule has 0 saturated heterocycles. The summed E-state index contributed by atoms with van der Waals surface area (Å²) in [7, 11) is 0. The molecule has 0 aliphatic heterocycles. The van der Waals surface area contributed by atoms with Gasteiger partial charge in [0.2, 0.25) is 0 Å². The molecule has 1 heterocycles. The monoisotopic (exact) mass is 186 g/mol. The lowest BCUT2D eigenvalue weighted by Gasteiger charge is -2.03. The van der Waals surface area contributed by atoms with Gasteiger partial charge in [-0.05, 0) is 24.3 Å². The molecule has 1 aromatic heterocycles. The summed E-state index contributed by atoms with van der Waals surface area (Å²) >= 11 is 5.66. The number of rotatable bonds is 4. The molecule has 0 atom stereocenters. The number of halogens is 1. The molecule has 0 bridgehead atoms. The molecular formula is C9H15ClN2. The first-order valence-electron chi connectivity index (χ1n) is 4.31. The van der Waals surface area contributed by atoms with Crippen LogP contribution in [0.15, 0.2) is 6.20 Å². The summed E-state index contributed by atoms with van der Waals surface area (Å²) in [6.45, 7) is 4.40. The number of hydrogen-bond donors (Lipinski definition) is 1. The van der Waals surface area contributed by atoms with E-state index in [0.717, 1.165) is 12.8 Å². The molecular weight excluding hydrogens is 172 g/mol. The van der Waals surface area contributed by atoms with Crippen LogP contribution in [0.2, 0.25) is 0 Å². The smallest absolute Gasteiger partial charge is 0.0522 e. The van der Waals surface area contributed by atoms with E-state index in [2.05, 4.69) is 24.0 Å². The van der Waals surface area contributed by atoms with Gasteiger partial charge in [0.05, 0.1) is 6.20 Å². The summed E-state index contributed by atoms with van der Waals surface area (Å²) in [6, 6.07) is 0. The Balaban J connectivity index is 2.63. The van der Waals surface area contributed by atoms with E-state index in [-0.39, 0.29) is 0 Å². The number of nitrogens with zero attached hydrogens (tertiary/aromatic N) is 1. The fourth-order valence-corrected chi connectivity index (χ4v) is 1.44. The minimum atomic E-state index is 0.666. The molecule has 1 rings (SSSR count). The molecule has 0 amide bonds. The molecule has 2 nitrogen and oxygen atoms in total.